The topological polar surface area (TPSA) is 66.5 Å². The van der Waals surface area contributed by atoms with Gasteiger partial charge in [0.1, 0.15) is 0 Å². The third kappa shape index (κ3) is 4.21. The van der Waals surface area contributed by atoms with E-state index in [1.54, 1.807) is 24.3 Å². The fourth-order valence-electron chi connectivity index (χ4n) is 2.37. The normalized spacial score (nSPS) is 11.5. The maximum absolute atomic E-state index is 12.8. The molecule has 0 radical (unpaired) electrons. The van der Waals surface area contributed by atoms with Crippen LogP contribution in [0.3, 0.4) is 0 Å². The lowest BCUT2D eigenvalue weighted by atomic mass is 10.1. The van der Waals surface area contributed by atoms with Gasteiger partial charge in [0.05, 0.1) is 11.4 Å². The predicted molar refractivity (Wildman–Crippen MR) is 95.0 cm³/mol. The lowest BCUT2D eigenvalue weighted by Gasteiger charge is -2.21. The molecule has 0 spiro atoms. The van der Waals surface area contributed by atoms with Gasteiger partial charge in [-0.2, -0.15) is 4.31 Å². The summed E-state index contributed by atoms with van der Waals surface area (Å²) < 4.78 is 26.7. The number of hydrogen-bond donors (Lipinski definition) is 1. The standard InChI is InChI=1S/C18H22N2O3S/c1-3-13-20(14-18(21)19-2)24(22,23)17-11-9-16(10-12-17)15-7-5-4-6-8-15/h4-12H,3,13-14H2,1-2H3,(H,19,21). The second-order valence-electron chi connectivity index (χ2n) is 5.40. The van der Waals surface area contributed by atoms with Crippen molar-refractivity contribution in [3.63, 3.8) is 0 Å². The zero-order chi connectivity index (χ0) is 17.6. The lowest BCUT2D eigenvalue weighted by Crippen LogP contribution is -2.40. The third-order valence-corrected chi connectivity index (χ3v) is 5.53. The summed E-state index contributed by atoms with van der Waals surface area (Å²) in [5.74, 6) is -0.326. The van der Waals surface area contributed by atoms with Gasteiger partial charge in [-0.3, -0.25) is 4.79 Å². The van der Waals surface area contributed by atoms with Crippen molar-refractivity contribution in [3.8, 4) is 11.1 Å². The third-order valence-electron chi connectivity index (χ3n) is 3.67. The van der Waals surface area contributed by atoms with E-state index in [2.05, 4.69) is 5.32 Å². The Morgan fingerprint density at radius 3 is 2.12 bits per heavy atom. The van der Waals surface area contributed by atoms with Gasteiger partial charge in [0.2, 0.25) is 15.9 Å². The van der Waals surface area contributed by atoms with Crippen molar-refractivity contribution in [2.45, 2.75) is 18.2 Å². The molecule has 2 aromatic carbocycles. The van der Waals surface area contributed by atoms with Gasteiger partial charge in [0.25, 0.3) is 0 Å². The van der Waals surface area contributed by atoms with Gasteiger partial charge in [-0.25, -0.2) is 8.42 Å². The molecule has 6 heteroatoms. The highest BCUT2D eigenvalue weighted by Crippen LogP contribution is 2.23. The first kappa shape index (κ1) is 18.2. The predicted octanol–water partition coefficient (Wildman–Crippen LogP) is 2.50. The molecule has 0 saturated carbocycles. The molecule has 0 aliphatic carbocycles. The Bertz CT molecular complexity index is 772. The molecule has 2 aromatic rings. The van der Waals surface area contributed by atoms with Crippen molar-refractivity contribution in [2.24, 2.45) is 0 Å². The Balaban J connectivity index is 2.29. The number of rotatable bonds is 7. The molecule has 1 N–H and O–H groups in total. The molecule has 24 heavy (non-hydrogen) atoms. The van der Waals surface area contributed by atoms with Crippen LogP contribution in [0.25, 0.3) is 11.1 Å². The van der Waals surface area contributed by atoms with Gasteiger partial charge in [0.15, 0.2) is 0 Å². The summed E-state index contributed by atoms with van der Waals surface area (Å²) in [4.78, 5) is 11.8. The summed E-state index contributed by atoms with van der Waals surface area (Å²) in [5, 5.41) is 2.46. The highest BCUT2D eigenvalue weighted by Gasteiger charge is 2.25. The number of hydrogen-bond acceptors (Lipinski definition) is 3. The number of carbonyl (C=O) groups excluding carboxylic acids is 1. The summed E-state index contributed by atoms with van der Waals surface area (Å²) in [5.41, 5.74) is 1.97. The number of likely N-dealkylation sites (N-methyl/N-ethyl adjacent to an activating group) is 1. The van der Waals surface area contributed by atoms with Gasteiger partial charge in [-0.15, -0.1) is 0 Å². The van der Waals surface area contributed by atoms with E-state index in [-0.39, 0.29) is 17.3 Å². The number of amides is 1. The van der Waals surface area contributed by atoms with E-state index in [0.29, 0.717) is 13.0 Å². The molecule has 0 fully saturated rings. The highest BCUT2D eigenvalue weighted by atomic mass is 32.2. The quantitative estimate of drug-likeness (QED) is 0.838. The summed E-state index contributed by atoms with van der Waals surface area (Å²) in [6, 6.07) is 16.5. The van der Waals surface area contributed by atoms with Crippen LogP contribution >= 0.6 is 0 Å². The molecule has 0 aliphatic heterocycles. The van der Waals surface area contributed by atoms with Crippen LogP contribution in [0.5, 0.6) is 0 Å². The van der Waals surface area contributed by atoms with Crippen molar-refractivity contribution < 1.29 is 13.2 Å². The van der Waals surface area contributed by atoms with Crippen molar-refractivity contribution in [3.05, 3.63) is 54.6 Å². The molecular formula is C18H22N2O3S. The van der Waals surface area contributed by atoms with Crippen molar-refractivity contribution in [1.29, 1.82) is 0 Å². The van der Waals surface area contributed by atoms with Crippen LogP contribution in [-0.2, 0) is 14.8 Å². The molecule has 5 nitrogen and oxygen atoms in total. The minimum Gasteiger partial charge on any atom is -0.358 e. The molecular weight excluding hydrogens is 324 g/mol. The fourth-order valence-corrected chi connectivity index (χ4v) is 3.86. The van der Waals surface area contributed by atoms with Gasteiger partial charge in [-0.1, -0.05) is 49.4 Å². The molecule has 0 atom stereocenters. The molecule has 0 aliphatic rings. The van der Waals surface area contributed by atoms with E-state index in [1.807, 2.05) is 37.3 Å². The minimum atomic E-state index is -3.69. The molecule has 0 aromatic heterocycles. The smallest absolute Gasteiger partial charge is 0.243 e. The number of nitrogens with zero attached hydrogens (tertiary/aromatic N) is 1. The Morgan fingerprint density at radius 2 is 1.58 bits per heavy atom. The molecule has 2 rings (SSSR count). The van der Waals surface area contributed by atoms with E-state index < -0.39 is 10.0 Å². The second kappa shape index (κ2) is 8.08. The number of sulfonamides is 1. The van der Waals surface area contributed by atoms with Crippen molar-refractivity contribution in [2.75, 3.05) is 20.1 Å². The summed E-state index contributed by atoms with van der Waals surface area (Å²) in [6.07, 6.45) is 0.637. The van der Waals surface area contributed by atoms with Crippen LogP contribution in [0.4, 0.5) is 0 Å². The zero-order valence-corrected chi connectivity index (χ0v) is 14.7. The molecule has 0 unspecified atom stereocenters. The maximum Gasteiger partial charge on any atom is 0.243 e. The summed E-state index contributed by atoms with van der Waals surface area (Å²) >= 11 is 0. The van der Waals surface area contributed by atoms with E-state index in [0.717, 1.165) is 11.1 Å². The monoisotopic (exact) mass is 346 g/mol. The first-order chi connectivity index (χ1) is 11.5. The SMILES string of the molecule is CCCN(CC(=O)NC)S(=O)(=O)c1ccc(-c2ccccc2)cc1. The van der Waals surface area contributed by atoms with Gasteiger partial charge >= 0.3 is 0 Å². The van der Waals surface area contributed by atoms with Crippen LogP contribution in [0.1, 0.15) is 13.3 Å². The van der Waals surface area contributed by atoms with Crippen molar-refractivity contribution in [1.82, 2.24) is 9.62 Å². The number of benzene rings is 2. The Labute approximate surface area is 143 Å². The minimum absolute atomic E-state index is 0.174. The van der Waals surface area contributed by atoms with Crippen LogP contribution in [0.15, 0.2) is 59.5 Å². The van der Waals surface area contributed by atoms with Crippen LogP contribution in [-0.4, -0.2) is 38.8 Å². The van der Waals surface area contributed by atoms with Gasteiger partial charge in [-0.05, 0) is 29.7 Å². The second-order valence-corrected chi connectivity index (χ2v) is 7.34. The average Bonchev–Trinajstić information content (AvgIpc) is 2.62. The zero-order valence-electron chi connectivity index (χ0n) is 13.9. The van der Waals surface area contributed by atoms with E-state index in [1.165, 1.54) is 11.4 Å². The van der Waals surface area contributed by atoms with E-state index in [4.69, 9.17) is 0 Å². The van der Waals surface area contributed by atoms with E-state index >= 15 is 0 Å². The largest absolute Gasteiger partial charge is 0.358 e. The molecule has 128 valence electrons. The summed E-state index contributed by atoms with van der Waals surface area (Å²) in [6.45, 7) is 2.01. The van der Waals surface area contributed by atoms with Crippen LogP contribution < -0.4 is 5.32 Å². The molecule has 1 amide bonds. The van der Waals surface area contributed by atoms with Gasteiger partial charge < -0.3 is 5.32 Å². The average molecular weight is 346 g/mol. The first-order valence-corrected chi connectivity index (χ1v) is 9.29. The van der Waals surface area contributed by atoms with Crippen LogP contribution in [0.2, 0.25) is 0 Å². The van der Waals surface area contributed by atoms with Gasteiger partial charge in [0, 0.05) is 13.6 Å². The first-order valence-electron chi connectivity index (χ1n) is 7.85. The lowest BCUT2D eigenvalue weighted by molar-refractivity contribution is -0.120. The Morgan fingerprint density at radius 1 is 1.00 bits per heavy atom. The number of nitrogens with one attached hydrogen (secondary N) is 1. The maximum atomic E-state index is 12.8. The highest BCUT2D eigenvalue weighted by molar-refractivity contribution is 7.89. The number of carbonyl (C=O) groups is 1. The molecule has 0 saturated heterocycles. The van der Waals surface area contributed by atoms with E-state index in [9.17, 15) is 13.2 Å². The Kier molecular flexibility index (Phi) is 6.11. The molecule has 0 bridgehead atoms. The fraction of sp³-hybridized carbons (Fsp3) is 0.278. The van der Waals surface area contributed by atoms with Crippen molar-refractivity contribution >= 4 is 15.9 Å². The summed E-state index contributed by atoms with van der Waals surface area (Å²) in [7, 11) is -2.20. The van der Waals surface area contributed by atoms with Crippen LogP contribution in [0, 0.1) is 0 Å². The molecule has 0 heterocycles. The Hall–Kier alpha value is -2.18.